The molecule has 3 N–H and O–H groups in total. The lowest BCUT2D eigenvalue weighted by Gasteiger charge is -2.08. The summed E-state index contributed by atoms with van der Waals surface area (Å²) >= 11 is 1.56. The zero-order valence-corrected chi connectivity index (χ0v) is 10.0. The molecule has 0 spiro atoms. The fourth-order valence-electron chi connectivity index (χ4n) is 1.32. The first-order valence-electron chi connectivity index (χ1n) is 5.03. The van der Waals surface area contributed by atoms with Crippen LogP contribution in [0.25, 0.3) is 10.2 Å². The van der Waals surface area contributed by atoms with E-state index in [1.165, 1.54) is 0 Å². The van der Waals surface area contributed by atoms with Gasteiger partial charge in [-0.2, -0.15) is 0 Å². The molecule has 16 heavy (non-hydrogen) atoms. The second-order valence-corrected chi connectivity index (χ2v) is 4.53. The fourth-order valence-corrected chi connectivity index (χ4v) is 2.10. The van der Waals surface area contributed by atoms with E-state index in [4.69, 9.17) is 10.6 Å². The summed E-state index contributed by atoms with van der Waals surface area (Å²) in [6.07, 6.45) is 0.164. The highest BCUT2D eigenvalue weighted by molar-refractivity contribution is 7.16. The Kier molecular flexibility index (Phi) is 3.33. The summed E-state index contributed by atoms with van der Waals surface area (Å²) in [5.74, 6) is 6.72. The normalized spacial score (nSPS) is 11.2. The van der Waals surface area contributed by atoms with Crippen molar-refractivity contribution in [3.05, 3.63) is 17.3 Å². The highest BCUT2D eigenvalue weighted by atomic mass is 32.1. The molecule has 2 rings (SSSR count). The number of aromatic nitrogens is 2. The van der Waals surface area contributed by atoms with E-state index in [1.54, 1.807) is 11.3 Å². The van der Waals surface area contributed by atoms with Gasteiger partial charge >= 0.3 is 0 Å². The van der Waals surface area contributed by atoms with Gasteiger partial charge in [0, 0.05) is 0 Å². The van der Waals surface area contributed by atoms with E-state index in [-0.39, 0.29) is 6.10 Å². The zero-order chi connectivity index (χ0) is 11.5. The summed E-state index contributed by atoms with van der Waals surface area (Å²) in [6.45, 7) is 4.36. The third kappa shape index (κ3) is 2.29. The molecule has 0 atom stereocenters. The van der Waals surface area contributed by atoms with Crippen LogP contribution in [-0.4, -0.2) is 16.1 Å². The maximum Gasteiger partial charge on any atom is 0.158 e. The van der Waals surface area contributed by atoms with Crippen molar-refractivity contribution in [1.82, 2.24) is 9.97 Å². The first-order valence-corrected chi connectivity index (χ1v) is 5.91. The third-order valence-corrected chi connectivity index (χ3v) is 2.86. The molecule has 5 nitrogen and oxygen atoms in total. The molecule has 0 bridgehead atoms. The van der Waals surface area contributed by atoms with Crippen LogP contribution in [-0.2, 0) is 11.3 Å². The summed E-state index contributed by atoms with van der Waals surface area (Å²) in [4.78, 5) is 9.62. The molecule has 0 saturated carbocycles. The van der Waals surface area contributed by atoms with Crippen LogP contribution < -0.4 is 11.3 Å². The Hall–Kier alpha value is -1.24. The Morgan fingerprint density at radius 1 is 1.50 bits per heavy atom. The van der Waals surface area contributed by atoms with E-state index < -0.39 is 0 Å². The lowest BCUT2D eigenvalue weighted by molar-refractivity contribution is 0.0615. The van der Waals surface area contributed by atoms with Crippen molar-refractivity contribution in [2.75, 3.05) is 5.43 Å². The largest absolute Gasteiger partial charge is 0.371 e. The van der Waals surface area contributed by atoms with Gasteiger partial charge in [0.25, 0.3) is 0 Å². The number of nitrogen functional groups attached to an aromatic ring is 1. The number of nitrogens with two attached hydrogens (primary N) is 1. The Balaban J connectivity index is 2.32. The molecule has 0 aliphatic rings. The number of nitrogens with one attached hydrogen (secondary N) is 1. The number of hydrogen-bond donors (Lipinski definition) is 2. The Bertz CT molecular complexity index is 483. The van der Waals surface area contributed by atoms with Gasteiger partial charge in [-0.15, -0.1) is 11.3 Å². The van der Waals surface area contributed by atoms with Gasteiger partial charge in [-0.3, -0.25) is 0 Å². The maximum atomic E-state index is 5.46. The smallest absolute Gasteiger partial charge is 0.158 e. The van der Waals surface area contributed by atoms with Crippen LogP contribution in [0.4, 0.5) is 5.82 Å². The second-order valence-electron chi connectivity index (χ2n) is 3.63. The monoisotopic (exact) mass is 238 g/mol. The van der Waals surface area contributed by atoms with E-state index in [0.717, 1.165) is 10.2 Å². The number of hydrazine groups is 1. The topological polar surface area (TPSA) is 73.1 Å². The van der Waals surface area contributed by atoms with Gasteiger partial charge in [-0.1, -0.05) is 0 Å². The summed E-state index contributed by atoms with van der Waals surface area (Å²) in [7, 11) is 0. The quantitative estimate of drug-likeness (QED) is 0.628. The highest BCUT2D eigenvalue weighted by Crippen LogP contribution is 2.24. The van der Waals surface area contributed by atoms with Crippen molar-refractivity contribution in [3.8, 4) is 0 Å². The molecule has 0 unspecified atom stereocenters. The van der Waals surface area contributed by atoms with Gasteiger partial charge in [0.15, 0.2) is 11.6 Å². The van der Waals surface area contributed by atoms with Crippen molar-refractivity contribution in [2.45, 2.75) is 26.6 Å². The molecule has 0 aliphatic heterocycles. The maximum absolute atomic E-state index is 5.46. The van der Waals surface area contributed by atoms with Crippen molar-refractivity contribution in [1.29, 1.82) is 0 Å². The molecule has 0 saturated heterocycles. The predicted octanol–water partition coefficient (Wildman–Crippen LogP) is 1.90. The number of rotatable bonds is 4. The molecular formula is C10H14N4OS. The Morgan fingerprint density at radius 2 is 2.31 bits per heavy atom. The lowest BCUT2D eigenvalue weighted by Crippen LogP contribution is -2.12. The number of fused-ring (bicyclic) bond motifs is 1. The number of thiophene rings is 1. The number of ether oxygens (including phenoxy) is 1. The summed E-state index contributed by atoms with van der Waals surface area (Å²) < 4.78 is 5.46. The van der Waals surface area contributed by atoms with Crippen LogP contribution in [0.5, 0.6) is 0 Å². The SMILES string of the molecule is CC(C)OCc1nc(NN)c2ccsc2n1. The molecule has 86 valence electrons. The number of nitrogens with zero attached hydrogens (tertiary/aromatic N) is 2. The lowest BCUT2D eigenvalue weighted by atomic mass is 10.4. The van der Waals surface area contributed by atoms with E-state index in [1.807, 2.05) is 25.3 Å². The molecule has 0 fully saturated rings. The minimum Gasteiger partial charge on any atom is -0.371 e. The van der Waals surface area contributed by atoms with Crippen molar-refractivity contribution in [2.24, 2.45) is 5.84 Å². The molecule has 0 aliphatic carbocycles. The minimum atomic E-state index is 0.164. The summed E-state index contributed by atoms with van der Waals surface area (Å²) in [5, 5.41) is 2.91. The van der Waals surface area contributed by atoms with Crippen LogP contribution in [0.2, 0.25) is 0 Å². The van der Waals surface area contributed by atoms with Crippen LogP contribution in [0.3, 0.4) is 0 Å². The molecule has 6 heteroatoms. The molecular weight excluding hydrogens is 224 g/mol. The highest BCUT2D eigenvalue weighted by Gasteiger charge is 2.08. The zero-order valence-electron chi connectivity index (χ0n) is 9.23. The van der Waals surface area contributed by atoms with Crippen molar-refractivity contribution >= 4 is 27.4 Å². The Morgan fingerprint density at radius 3 is 3.00 bits per heavy atom. The second kappa shape index (κ2) is 4.73. The first-order chi connectivity index (χ1) is 7.70. The predicted molar refractivity (Wildman–Crippen MR) is 65.2 cm³/mol. The minimum absolute atomic E-state index is 0.164. The van der Waals surface area contributed by atoms with Crippen LogP contribution in [0, 0.1) is 0 Å². The van der Waals surface area contributed by atoms with Gasteiger partial charge in [0.05, 0.1) is 11.5 Å². The van der Waals surface area contributed by atoms with Crippen molar-refractivity contribution in [3.63, 3.8) is 0 Å². The molecule has 2 heterocycles. The van der Waals surface area contributed by atoms with Gasteiger partial charge in [-0.05, 0) is 25.3 Å². The van der Waals surface area contributed by atoms with Gasteiger partial charge < -0.3 is 10.2 Å². The average Bonchev–Trinajstić information content (AvgIpc) is 2.73. The van der Waals surface area contributed by atoms with E-state index in [0.29, 0.717) is 18.2 Å². The average molecular weight is 238 g/mol. The van der Waals surface area contributed by atoms with Crippen LogP contribution >= 0.6 is 11.3 Å². The number of anilines is 1. The van der Waals surface area contributed by atoms with E-state index in [2.05, 4.69) is 15.4 Å². The fraction of sp³-hybridized carbons (Fsp3) is 0.400. The van der Waals surface area contributed by atoms with Crippen LogP contribution in [0.1, 0.15) is 19.7 Å². The Labute approximate surface area is 97.6 Å². The summed E-state index contributed by atoms with van der Waals surface area (Å²) in [5.41, 5.74) is 2.58. The molecule has 0 amide bonds. The third-order valence-electron chi connectivity index (χ3n) is 2.05. The van der Waals surface area contributed by atoms with Gasteiger partial charge in [-0.25, -0.2) is 15.8 Å². The van der Waals surface area contributed by atoms with Gasteiger partial charge in [0.1, 0.15) is 11.4 Å². The number of hydrogen-bond acceptors (Lipinski definition) is 6. The molecule has 2 aromatic rings. The van der Waals surface area contributed by atoms with Crippen LogP contribution in [0.15, 0.2) is 11.4 Å². The molecule has 2 aromatic heterocycles. The molecule has 0 radical (unpaired) electrons. The van der Waals surface area contributed by atoms with E-state index in [9.17, 15) is 0 Å². The van der Waals surface area contributed by atoms with Crippen molar-refractivity contribution < 1.29 is 4.74 Å². The summed E-state index contributed by atoms with van der Waals surface area (Å²) in [6, 6.07) is 1.95. The standard InChI is InChI=1S/C10H14N4OS/c1-6(2)15-5-8-12-9(14-11)7-3-4-16-10(7)13-8/h3-4,6H,5,11H2,1-2H3,(H,12,13,14). The first kappa shape index (κ1) is 11.3. The van der Waals surface area contributed by atoms with E-state index >= 15 is 0 Å². The van der Waals surface area contributed by atoms with Gasteiger partial charge in [0.2, 0.25) is 0 Å². The molecule has 0 aromatic carbocycles.